The summed E-state index contributed by atoms with van der Waals surface area (Å²) in [5.41, 5.74) is 1.61. The van der Waals surface area contributed by atoms with Crippen molar-refractivity contribution >= 4 is 117 Å². The number of hydrogen-bond donors (Lipinski definition) is 5. The SMILES string of the molecule is CN(C(=O)NCc1cccc(F)c1Cl)[C@@H](CCC(=O)N1CCN(C(=O)OC(C)(C)C)CC1)COC(=O)Nc1cc(-c2cccc(F)c2)no1.CN(C(=O)NCc1cccc(F)c1Cl)[C@@H](CCC(=O)N1CCNCC1)COC(=O)Nc1cc(-c2cccc(F)c2)no1.Cl.S.S. The molecule has 0 aliphatic carbocycles. The van der Waals surface area contributed by atoms with Gasteiger partial charge in [-0.25, -0.2) is 41.5 Å². The van der Waals surface area contributed by atoms with Crippen LogP contribution in [0.4, 0.5) is 53.3 Å². The van der Waals surface area contributed by atoms with Crippen molar-refractivity contribution in [3.05, 3.63) is 142 Å². The second-order valence-corrected chi connectivity index (χ2v) is 22.7. The van der Waals surface area contributed by atoms with Gasteiger partial charge in [-0.2, -0.15) is 27.0 Å². The lowest BCUT2D eigenvalue weighted by molar-refractivity contribution is -0.133. The quantitative estimate of drug-likeness (QED) is 0.0351. The number of ether oxygens (including phenoxy) is 3. The molecule has 2 aliphatic rings. The van der Waals surface area contributed by atoms with Crippen molar-refractivity contribution in [1.82, 2.24) is 50.8 Å². The highest BCUT2D eigenvalue weighted by atomic mass is 35.5. The molecule has 6 aromatic rings. The van der Waals surface area contributed by atoms with E-state index in [-0.39, 0.29) is 131 Å². The predicted molar refractivity (Wildman–Crippen MR) is 354 cm³/mol. The van der Waals surface area contributed by atoms with Gasteiger partial charge < -0.3 is 63.7 Å². The molecule has 9 amide bonds. The first-order chi connectivity index (χ1) is 43.4. The Hall–Kier alpha value is -8.16. The van der Waals surface area contributed by atoms with E-state index in [1.807, 2.05) is 0 Å². The predicted octanol–water partition coefficient (Wildman–Crippen LogP) is 10.8. The molecule has 0 radical (unpaired) electrons. The summed E-state index contributed by atoms with van der Waals surface area (Å²) in [6, 6.07) is 20.2. The van der Waals surface area contributed by atoms with Crippen LogP contribution in [-0.4, -0.2) is 174 Å². The number of aromatic nitrogens is 2. The third-order valence-corrected chi connectivity index (χ3v) is 15.2. The molecule has 4 aromatic carbocycles. The number of carbonyl (C=O) groups excluding carboxylic acids is 7. The zero-order valence-electron chi connectivity index (χ0n) is 51.9. The number of piperazine rings is 2. The van der Waals surface area contributed by atoms with E-state index in [9.17, 15) is 51.1 Å². The topological polar surface area (TPSA) is 276 Å². The lowest BCUT2D eigenvalue weighted by Gasteiger charge is -2.36. The molecule has 33 heteroatoms. The maximum Gasteiger partial charge on any atom is 0.414 e. The summed E-state index contributed by atoms with van der Waals surface area (Å²) in [7, 11) is 2.98. The van der Waals surface area contributed by atoms with Gasteiger partial charge in [0.15, 0.2) is 0 Å². The van der Waals surface area contributed by atoms with Gasteiger partial charge in [0, 0.05) is 116 Å². The zero-order chi connectivity index (χ0) is 65.8. The molecule has 2 saturated heterocycles. The van der Waals surface area contributed by atoms with Crippen molar-refractivity contribution in [3.8, 4) is 22.5 Å². The number of amides is 9. The average molecular weight is 1410 g/mol. The van der Waals surface area contributed by atoms with Crippen molar-refractivity contribution in [2.45, 2.75) is 77.2 Å². The second kappa shape index (κ2) is 37.7. The van der Waals surface area contributed by atoms with E-state index in [0.717, 1.165) is 0 Å². The number of nitrogens with one attached hydrogen (secondary N) is 5. The molecule has 2 aliphatic heterocycles. The van der Waals surface area contributed by atoms with Gasteiger partial charge in [-0.1, -0.05) is 82.0 Å². The molecule has 94 heavy (non-hydrogen) atoms. The minimum absolute atomic E-state index is 0. The van der Waals surface area contributed by atoms with Crippen LogP contribution in [0, 0.1) is 23.3 Å². The Kier molecular flexibility index (Phi) is 31.4. The Morgan fingerprint density at radius 2 is 0.989 bits per heavy atom. The summed E-state index contributed by atoms with van der Waals surface area (Å²) in [5.74, 6) is -2.49. The lowest BCUT2D eigenvalue weighted by atomic mass is 10.1. The number of rotatable bonds is 20. The summed E-state index contributed by atoms with van der Waals surface area (Å²) >= 11 is 12.0. The van der Waals surface area contributed by atoms with E-state index >= 15 is 0 Å². The molecule has 8 rings (SSSR count). The smallest absolute Gasteiger partial charge is 0.414 e. The van der Waals surface area contributed by atoms with Gasteiger partial charge >= 0.3 is 30.3 Å². The van der Waals surface area contributed by atoms with Crippen LogP contribution in [0.25, 0.3) is 22.5 Å². The van der Waals surface area contributed by atoms with Crippen LogP contribution in [0.15, 0.2) is 106 Å². The van der Waals surface area contributed by atoms with Gasteiger partial charge in [0.2, 0.25) is 23.6 Å². The summed E-state index contributed by atoms with van der Waals surface area (Å²) < 4.78 is 81.2. The number of carbonyl (C=O) groups is 7. The molecule has 0 bridgehead atoms. The molecule has 0 unspecified atom stereocenters. The number of nitrogens with zero attached hydrogens (tertiary/aromatic N) is 7. The molecule has 5 N–H and O–H groups in total. The van der Waals surface area contributed by atoms with Gasteiger partial charge in [-0.15, -0.1) is 12.4 Å². The molecule has 0 spiro atoms. The van der Waals surface area contributed by atoms with Crippen LogP contribution < -0.4 is 26.6 Å². The number of halogens is 7. The van der Waals surface area contributed by atoms with E-state index in [4.69, 9.17) is 46.5 Å². The Morgan fingerprint density at radius 1 is 0.596 bits per heavy atom. The first-order valence-corrected chi connectivity index (χ1v) is 29.6. The largest absolute Gasteiger partial charge is 0.447 e. The minimum atomic E-state index is -0.920. The van der Waals surface area contributed by atoms with E-state index in [0.29, 0.717) is 80.3 Å². The number of urea groups is 2. The zero-order valence-corrected chi connectivity index (χ0v) is 56.2. The van der Waals surface area contributed by atoms with Crippen LogP contribution in [0.2, 0.25) is 10.0 Å². The molecule has 24 nitrogen and oxygen atoms in total. The normalized spacial score (nSPS) is 13.3. The molecule has 2 fully saturated rings. The highest BCUT2D eigenvalue weighted by molar-refractivity contribution is 7.59. The standard InChI is InChI=1S/C33H39ClF2N6O7.C28H31ClF2N6O5.ClH.2H2S/c1-33(2,3)48-32(46)42-15-13-41(14-16-42)28(43)12-11-24(40(4)30(44)37-19-22-8-6-10-25(36)29(22)34)20-47-31(45)38-27-18-26(39-49-27)21-7-5-9-23(35)17-21;1-36(27(39)33-16-19-5-3-7-22(31)26(19)29)21(8-9-25(38)37-12-10-32-11-13-37)17-41-28(40)34-24-15-23(35-42-24)18-4-2-6-20(30)14-18;;;/h5-10,17-18,24H,11-16,19-20H2,1-4H3,(H,37,44)(H,38,45);2-7,14-15,21,32H,8-13,16-17H2,1H3,(H,33,39)(H,34,40);1H;2*1H2/t24-;21-;;;/m00.../s1. The van der Waals surface area contributed by atoms with Gasteiger partial charge in [0.25, 0.3) is 0 Å². The van der Waals surface area contributed by atoms with Gasteiger partial charge in [0.1, 0.15) is 53.5 Å². The van der Waals surface area contributed by atoms with Crippen molar-refractivity contribution in [3.63, 3.8) is 0 Å². The Morgan fingerprint density at radius 3 is 1.39 bits per heavy atom. The lowest BCUT2D eigenvalue weighted by Crippen LogP contribution is -2.52. The number of likely N-dealkylation sites (N-methyl/N-ethyl adjacent to an activating group) is 2. The highest BCUT2D eigenvalue weighted by Gasteiger charge is 2.31. The minimum Gasteiger partial charge on any atom is -0.447 e. The van der Waals surface area contributed by atoms with Crippen molar-refractivity contribution in [1.29, 1.82) is 0 Å². The van der Waals surface area contributed by atoms with Crippen molar-refractivity contribution in [2.24, 2.45) is 0 Å². The Labute approximate surface area is 570 Å². The Bertz CT molecular complexity index is 3510. The highest BCUT2D eigenvalue weighted by Crippen LogP contribution is 2.26. The summed E-state index contributed by atoms with van der Waals surface area (Å²) in [6.45, 7) is 8.48. The van der Waals surface area contributed by atoms with Crippen LogP contribution >= 0.6 is 62.6 Å². The first-order valence-electron chi connectivity index (χ1n) is 28.9. The summed E-state index contributed by atoms with van der Waals surface area (Å²) in [6.07, 6.45) is -1.77. The molecule has 2 aromatic heterocycles. The van der Waals surface area contributed by atoms with Crippen molar-refractivity contribution < 1.29 is 74.4 Å². The van der Waals surface area contributed by atoms with Gasteiger partial charge in [0.05, 0.1) is 22.1 Å². The molecular weight excluding hydrogens is 1340 g/mol. The molecule has 0 saturated carbocycles. The fourth-order valence-corrected chi connectivity index (χ4v) is 9.58. The number of benzene rings is 4. The monoisotopic (exact) mass is 1410 g/mol. The van der Waals surface area contributed by atoms with E-state index < -0.39 is 71.3 Å². The van der Waals surface area contributed by atoms with E-state index in [1.165, 1.54) is 96.7 Å². The van der Waals surface area contributed by atoms with Crippen LogP contribution in [-0.2, 0) is 36.9 Å². The fraction of sp³-hybridized carbons (Fsp3) is 0.393. The van der Waals surface area contributed by atoms with Crippen LogP contribution in [0.3, 0.4) is 0 Å². The van der Waals surface area contributed by atoms with Gasteiger partial charge in [-0.05, 0) is 81.1 Å². The van der Waals surface area contributed by atoms with Crippen molar-refractivity contribution in [2.75, 3.05) is 90.3 Å². The fourth-order valence-electron chi connectivity index (χ4n) is 9.20. The molecule has 512 valence electrons. The first kappa shape index (κ1) is 78.3. The number of hydrogen-bond acceptors (Lipinski definition) is 15. The van der Waals surface area contributed by atoms with Crippen LogP contribution in [0.1, 0.15) is 57.6 Å². The van der Waals surface area contributed by atoms with Crippen LogP contribution in [0.5, 0.6) is 0 Å². The number of anilines is 2. The second-order valence-electron chi connectivity index (χ2n) is 21.9. The maximum absolute atomic E-state index is 13.9. The van der Waals surface area contributed by atoms with Gasteiger partial charge in [-0.3, -0.25) is 20.2 Å². The molecule has 4 heterocycles. The molecular formula is C61H75Cl3F4N12O12S2. The average Bonchev–Trinajstić information content (AvgIpc) is 1.55. The maximum atomic E-state index is 13.9. The summed E-state index contributed by atoms with van der Waals surface area (Å²) in [5, 5.41) is 20.8. The third-order valence-electron chi connectivity index (χ3n) is 14.3. The molecule has 2 atom stereocenters. The van der Waals surface area contributed by atoms with E-state index in [2.05, 4.69) is 36.9 Å². The van der Waals surface area contributed by atoms with E-state index in [1.54, 1.807) is 59.7 Å². The third kappa shape index (κ3) is 24.0. The summed E-state index contributed by atoms with van der Waals surface area (Å²) in [4.78, 5) is 97.2. The Balaban J connectivity index is 0.000000392.